The Hall–Kier alpha value is -1.68. The van der Waals surface area contributed by atoms with Gasteiger partial charge in [0, 0.05) is 6.42 Å². The normalized spacial score (nSPS) is 15.2. The van der Waals surface area contributed by atoms with E-state index in [4.69, 9.17) is 4.52 Å². The van der Waals surface area contributed by atoms with Crippen LogP contribution in [0.15, 0.2) is 34.9 Å². The van der Waals surface area contributed by atoms with Crippen LogP contribution < -0.4 is 5.32 Å². The van der Waals surface area contributed by atoms with E-state index < -0.39 is 0 Å². The molecule has 20 heavy (non-hydrogen) atoms. The van der Waals surface area contributed by atoms with Crippen molar-refractivity contribution < 1.29 is 4.52 Å². The van der Waals surface area contributed by atoms with Crippen molar-refractivity contribution in [2.24, 2.45) is 5.92 Å². The molecular weight excluding hydrogens is 250 g/mol. The molecule has 1 heterocycles. The summed E-state index contributed by atoms with van der Waals surface area (Å²) in [5.41, 5.74) is 1.21. The van der Waals surface area contributed by atoms with Gasteiger partial charge in [0.15, 0.2) is 5.82 Å². The van der Waals surface area contributed by atoms with Crippen LogP contribution in [0.4, 0.5) is 0 Å². The summed E-state index contributed by atoms with van der Waals surface area (Å²) in [5, 5.41) is 7.41. The molecule has 1 aliphatic carbocycles. The van der Waals surface area contributed by atoms with Crippen LogP contribution in [0.1, 0.15) is 43.0 Å². The molecule has 0 unspecified atom stereocenters. The second-order valence-corrected chi connectivity index (χ2v) is 5.53. The lowest BCUT2D eigenvalue weighted by Crippen LogP contribution is -2.21. The average molecular weight is 271 g/mol. The standard InChI is InChI=1S/C16H21N3O/c1-2-5-14(6-3-1)11-15-18-16(20-19-15)12-17-10-9-13-7-4-8-13/h1-3,5-6,13,17H,4,7-12H2. The predicted molar refractivity (Wildman–Crippen MR) is 77.2 cm³/mol. The number of nitrogens with zero attached hydrogens (tertiary/aromatic N) is 2. The Kier molecular flexibility index (Phi) is 4.43. The molecule has 4 nitrogen and oxygen atoms in total. The Bertz CT molecular complexity index is 520. The number of aromatic nitrogens is 2. The van der Waals surface area contributed by atoms with E-state index in [-0.39, 0.29) is 0 Å². The van der Waals surface area contributed by atoms with Crippen LogP contribution in [0.2, 0.25) is 0 Å². The predicted octanol–water partition coefficient (Wildman–Crippen LogP) is 2.94. The first-order chi connectivity index (χ1) is 9.90. The molecule has 0 radical (unpaired) electrons. The van der Waals surface area contributed by atoms with Gasteiger partial charge in [-0.25, -0.2) is 0 Å². The lowest BCUT2D eigenvalue weighted by molar-refractivity contribution is 0.288. The summed E-state index contributed by atoms with van der Waals surface area (Å²) in [4.78, 5) is 4.42. The molecule has 4 heteroatoms. The highest BCUT2D eigenvalue weighted by atomic mass is 16.5. The number of benzene rings is 1. The van der Waals surface area contributed by atoms with Gasteiger partial charge in [-0.05, 0) is 24.4 Å². The molecule has 2 aromatic rings. The van der Waals surface area contributed by atoms with Crippen LogP contribution in [0.5, 0.6) is 0 Å². The maximum atomic E-state index is 5.26. The Labute approximate surface area is 119 Å². The summed E-state index contributed by atoms with van der Waals surface area (Å²) >= 11 is 0. The lowest BCUT2D eigenvalue weighted by atomic mass is 9.83. The molecule has 0 spiro atoms. The average Bonchev–Trinajstić information content (AvgIpc) is 2.85. The molecule has 0 aliphatic heterocycles. The van der Waals surface area contributed by atoms with Crippen LogP contribution >= 0.6 is 0 Å². The third kappa shape index (κ3) is 3.67. The second-order valence-electron chi connectivity index (χ2n) is 5.53. The van der Waals surface area contributed by atoms with E-state index in [0.717, 1.165) is 24.7 Å². The van der Waals surface area contributed by atoms with E-state index in [1.165, 1.54) is 31.2 Å². The van der Waals surface area contributed by atoms with Crippen molar-refractivity contribution in [1.29, 1.82) is 0 Å². The number of nitrogens with one attached hydrogen (secondary N) is 1. The minimum Gasteiger partial charge on any atom is -0.338 e. The van der Waals surface area contributed by atoms with E-state index in [1.54, 1.807) is 0 Å². The lowest BCUT2D eigenvalue weighted by Gasteiger charge is -2.24. The van der Waals surface area contributed by atoms with Gasteiger partial charge in [0.05, 0.1) is 6.54 Å². The van der Waals surface area contributed by atoms with Crippen molar-refractivity contribution in [1.82, 2.24) is 15.5 Å². The summed E-state index contributed by atoms with van der Waals surface area (Å²) in [6.45, 7) is 1.72. The molecular formula is C16H21N3O. The maximum absolute atomic E-state index is 5.26. The van der Waals surface area contributed by atoms with E-state index in [2.05, 4.69) is 27.6 Å². The van der Waals surface area contributed by atoms with Gasteiger partial charge in [-0.2, -0.15) is 4.98 Å². The SMILES string of the molecule is c1ccc(Cc2noc(CNCCC3CCC3)n2)cc1. The van der Waals surface area contributed by atoms with Crippen LogP contribution in [-0.4, -0.2) is 16.7 Å². The van der Waals surface area contributed by atoms with Gasteiger partial charge >= 0.3 is 0 Å². The summed E-state index contributed by atoms with van der Waals surface area (Å²) < 4.78 is 5.26. The number of rotatable bonds is 7. The molecule has 106 valence electrons. The van der Waals surface area contributed by atoms with E-state index in [1.807, 2.05) is 18.2 Å². The molecule has 1 N–H and O–H groups in total. The molecule has 0 bridgehead atoms. The van der Waals surface area contributed by atoms with Crippen molar-refractivity contribution in [2.45, 2.75) is 38.6 Å². The fourth-order valence-corrected chi connectivity index (χ4v) is 2.50. The Morgan fingerprint density at radius 3 is 2.80 bits per heavy atom. The smallest absolute Gasteiger partial charge is 0.240 e. The second kappa shape index (κ2) is 6.66. The first-order valence-electron chi connectivity index (χ1n) is 7.46. The van der Waals surface area contributed by atoms with Gasteiger partial charge in [-0.1, -0.05) is 54.8 Å². The molecule has 1 aromatic carbocycles. The zero-order valence-corrected chi connectivity index (χ0v) is 11.7. The summed E-state index contributed by atoms with van der Waals surface area (Å²) in [5.74, 6) is 2.38. The van der Waals surface area contributed by atoms with Gasteiger partial charge in [-0.3, -0.25) is 0 Å². The summed E-state index contributed by atoms with van der Waals surface area (Å²) in [7, 11) is 0. The van der Waals surface area contributed by atoms with Crippen molar-refractivity contribution in [3.8, 4) is 0 Å². The topological polar surface area (TPSA) is 51.0 Å². The first-order valence-corrected chi connectivity index (χ1v) is 7.46. The fourth-order valence-electron chi connectivity index (χ4n) is 2.50. The van der Waals surface area contributed by atoms with Crippen molar-refractivity contribution in [3.05, 3.63) is 47.6 Å². The number of hydrogen-bond acceptors (Lipinski definition) is 4. The van der Waals surface area contributed by atoms with Crippen molar-refractivity contribution in [3.63, 3.8) is 0 Å². The number of hydrogen-bond donors (Lipinski definition) is 1. The molecule has 3 rings (SSSR count). The fraction of sp³-hybridized carbons (Fsp3) is 0.500. The van der Waals surface area contributed by atoms with Crippen molar-refractivity contribution in [2.75, 3.05) is 6.54 Å². The molecule has 0 saturated heterocycles. The Morgan fingerprint density at radius 2 is 2.05 bits per heavy atom. The molecule has 0 amide bonds. The Balaban J connectivity index is 1.42. The zero-order valence-electron chi connectivity index (χ0n) is 11.7. The largest absolute Gasteiger partial charge is 0.338 e. The quantitative estimate of drug-likeness (QED) is 0.787. The van der Waals surface area contributed by atoms with Gasteiger partial charge < -0.3 is 9.84 Å². The summed E-state index contributed by atoms with van der Waals surface area (Å²) in [6.07, 6.45) is 6.22. The van der Waals surface area contributed by atoms with Gasteiger partial charge in [0.1, 0.15) is 0 Å². The monoisotopic (exact) mass is 271 g/mol. The zero-order chi connectivity index (χ0) is 13.6. The van der Waals surface area contributed by atoms with Crippen molar-refractivity contribution >= 4 is 0 Å². The molecule has 1 saturated carbocycles. The highest BCUT2D eigenvalue weighted by Gasteiger charge is 2.16. The van der Waals surface area contributed by atoms with Crippen LogP contribution in [-0.2, 0) is 13.0 Å². The minimum absolute atomic E-state index is 0.675. The van der Waals surface area contributed by atoms with E-state index in [9.17, 15) is 0 Å². The summed E-state index contributed by atoms with van der Waals surface area (Å²) in [6, 6.07) is 10.2. The third-order valence-electron chi connectivity index (χ3n) is 3.95. The van der Waals surface area contributed by atoms with E-state index >= 15 is 0 Å². The van der Waals surface area contributed by atoms with Crippen LogP contribution in [0, 0.1) is 5.92 Å². The van der Waals surface area contributed by atoms with Gasteiger partial charge in [0.25, 0.3) is 0 Å². The molecule has 0 atom stereocenters. The Morgan fingerprint density at radius 1 is 1.20 bits per heavy atom. The molecule has 1 fully saturated rings. The molecule has 1 aromatic heterocycles. The minimum atomic E-state index is 0.675. The maximum Gasteiger partial charge on any atom is 0.240 e. The van der Waals surface area contributed by atoms with E-state index in [0.29, 0.717) is 12.4 Å². The van der Waals surface area contributed by atoms with Crippen LogP contribution in [0.3, 0.4) is 0 Å². The van der Waals surface area contributed by atoms with Gasteiger partial charge in [-0.15, -0.1) is 0 Å². The van der Waals surface area contributed by atoms with Crippen LogP contribution in [0.25, 0.3) is 0 Å². The highest BCUT2D eigenvalue weighted by Crippen LogP contribution is 2.28. The third-order valence-corrected chi connectivity index (χ3v) is 3.95. The first kappa shape index (κ1) is 13.3. The highest BCUT2D eigenvalue weighted by molar-refractivity contribution is 5.18. The van der Waals surface area contributed by atoms with Gasteiger partial charge in [0.2, 0.25) is 5.89 Å². The molecule has 1 aliphatic rings.